The average molecular weight is 241 g/mol. The van der Waals surface area contributed by atoms with Crippen LogP contribution in [0.15, 0.2) is 18.2 Å². The van der Waals surface area contributed by atoms with Crippen LogP contribution < -0.4 is 4.90 Å². The van der Waals surface area contributed by atoms with Crippen LogP contribution in [0.5, 0.6) is 0 Å². The van der Waals surface area contributed by atoms with Crippen molar-refractivity contribution in [3.8, 4) is 6.07 Å². The van der Waals surface area contributed by atoms with Gasteiger partial charge in [0.25, 0.3) is 0 Å². The lowest BCUT2D eigenvalue weighted by Crippen LogP contribution is -2.26. The molecule has 1 heterocycles. The van der Waals surface area contributed by atoms with Crippen molar-refractivity contribution in [3.63, 3.8) is 0 Å². The summed E-state index contributed by atoms with van der Waals surface area (Å²) in [7, 11) is 0. The van der Waals surface area contributed by atoms with Gasteiger partial charge in [-0.3, -0.25) is 0 Å². The molecule has 1 aromatic heterocycles. The smallest absolute Gasteiger partial charge is 0.147 e. The molecular weight excluding hydrogens is 222 g/mol. The lowest BCUT2D eigenvalue weighted by atomic mass is 10.1. The summed E-state index contributed by atoms with van der Waals surface area (Å²) in [6.45, 7) is 9.63. The summed E-state index contributed by atoms with van der Waals surface area (Å²) in [5, 5.41) is 9.29. The average Bonchev–Trinajstić information content (AvgIpc) is 2.81. The van der Waals surface area contributed by atoms with Gasteiger partial charge in [-0.1, -0.05) is 12.2 Å². The van der Waals surface area contributed by atoms with Crippen molar-refractivity contribution in [3.05, 3.63) is 35.0 Å². The van der Waals surface area contributed by atoms with E-state index in [4.69, 9.17) is 4.98 Å². The Kier molecular flexibility index (Phi) is 3.66. The first-order valence-corrected chi connectivity index (χ1v) is 6.48. The molecular formula is C15H19N3. The minimum Gasteiger partial charge on any atom is -0.352 e. The maximum atomic E-state index is 9.29. The molecule has 3 nitrogen and oxygen atoms in total. The minimum absolute atomic E-state index is 0.693. The highest BCUT2D eigenvalue weighted by Crippen LogP contribution is 2.27. The van der Waals surface area contributed by atoms with Crippen LogP contribution in [0, 0.1) is 11.3 Å². The molecule has 1 aliphatic rings. The van der Waals surface area contributed by atoms with Crippen LogP contribution >= 0.6 is 0 Å². The van der Waals surface area contributed by atoms with Crippen molar-refractivity contribution in [2.24, 2.45) is 0 Å². The molecule has 0 saturated heterocycles. The summed E-state index contributed by atoms with van der Waals surface area (Å²) in [6, 6.07) is 4.30. The molecule has 0 N–H and O–H groups in total. The molecule has 0 unspecified atom stereocenters. The van der Waals surface area contributed by atoms with Crippen molar-refractivity contribution < 1.29 is 0 Å². The molecule has 0 aliphatic heterocycles. The Bertz CT molecular complexity index is 511. The monoisotopic (exact) mass is 241 g/mol. The van der Waals surface area contributed by atoms with E-state index in [2.05, 4.69) is 24.5 Å². The van der Waals surface area contributed by atoms with Gasteiger partial charge in [-0.25, -0.2) is 4.98 Å². The van der Waals surface area contributed by atoms with E-state index >= 15 is 0 Å². The number of pyridine rings is 1. The van der Waals surface area contributed by atoms with E-state index in [0.717, 1.165) is 43.7 Å². The third-order valence-electron chi connectivity index (χ3n) is 3.29. The van der Waals surface area contributed by atoms with Gasteiger partial charge in [-0.2, -0.15) is 5.26 Å². The summed E-state index contributed by atoms with van der Waals surface area (Å²) < 4.78 is 0. The summed E-state index contributed by atoms with van der Waals surface area (Å²) in [5.41, 5.74) is 4.20. The highest BCUT2D eigenvalue weighted by Gasteiger charge is 2.19. The number of likely N-dealkylation sites (N-methyl/N-ethyl adjacent to an activating group) is 1. The predicted molar refractivity (Wildman–Crippen MR) is 73.7 cm³/mol. The second kappa shape index (κ2) is 5.22. The Hall–Kier alpha value is -1.82. The van der Waals surface area contributed by atoms with Crippen LogP contribution in [0.4, 0.5) is 5.82 Å². The normalized spacial score (nSPS) is 12.9. The fraction of sp³-hybridized carbons (Fsp3) is 0.467. The third-order valence-corrected chi connectivity index (χ3v) is 3.29. The van der Waals surface area contributed by atoms with Crippen LogP contribution in [0.2, 0.25) is 0 Å². The molecule has 0 spiro atoms. The number of nitrogens with zero attached hydrogens (tertiary/aromatic N) is 3. The van der Waals surface area contributed by atoms with Gasteiger partial charge in [-0.05, 0) is 44.7 Å². The molecule has 1 aliphatic carbocycles. The molecule has 2 rings (SSSR count). The highest BCUT2D eigenvalue weighted by molar-refractivity contribution is 5.57. The van der Waals surface area contributed by atoms with Crippen LogP contribution in [0.3, 0.4) is 0 Å². The minimum atomic E-state index is 0.693. The molecule has 0 saturated carbocycles. The summed E-state index contributed by atoms with van der Waals surface area (Å²) in [6.07, 6.45) is 3.26. The Morgan fingerprint density at radius 3 is 2.94 bits per heavy atom. The molecule has 0 bridgehead atoms. The van der Waals surface area contributed by atoms with E-state index in [0.29, 0.717) is 5.56 Å². The first kappa shape index (κ1) is 12.6. The van der Waals surface area contributed by atoms with E-state index in [-0.39, 0.29) is 0 Å². The summed E-state index contributed by atoms with van der Waals surface area (Å²) in [4.78, 5) is 6.84. The number of rotatable bonds is 4. The maximum absolute atomic E-state index is 9.29. The predicted octanol–water partition coefficient (Wildman–Crippen LogP) is 2.84. The zero-order valence-electron chi connectivity index (χ0n) is 11.2. The Morgan fingerprint density at radius 2 is 2.33 bits per heavy atom. The number of nitriles is 1. The number of hydrogen-bond acceptors (Lipinski definition) is 3. The van der Waals surface area contributed by atoms with Crippen molar-refractivity contribution in [2.45, 2.75) is 33.1 Å². The van der Waals surface area contributed by atoms with Crippen molar-refractivity contribution in [1.82, 2.24) is 4.98 Å². The van der Waals surface area contributed by atoms with Crippen molar-refractivity contribution >= 4 is 5.82 Å². The molecule has 0 aromatic carbocycles. The van der Waals surface area contributed by atoms with Crippen molar-refractivity contribution in [1.29, 1.82) is 5.26 Å². The van der Waals surface area contributed by atoms with Gasteiger partial charge in [0, 0.05) is 18.8 Å². The number of aromatic nitrogens is 1. The van der Waals surface area contributed by atoms with E-state index < -0.39 is 0 Å². The fourth-order valence-electron chi connectivity index (χ4n) is 2.45. The lowest BCUT2D eigenvalue weighted by Gasteiger charge is -2.23. The lowest BCUT2D eigenvalue weighted by molar-refractivity contribution is 0.845. The zero-order valence-corrected chi connectivity index (χ0v) is 11.2. The Balaban J connectivity index is 2.42. The van der Waals surface area contributed by atoms with E-state index in [1.807, 2.05) is 13.0 Å². The van der Waals surface area contributed by atoms with Gasteiger partial charge in [-0.15, -0.1) is 0 Å². The van der Waals surface area contributed by atoms with Gasteiger partial charge >= 0.3 is 0 Å². The zero-order chi connectivity index (χ0) is 13.1. The first-order chi connectivity index (χ1) is 8.65. The van der Waals surface area contributed by atoms with Gasteiger partial charge in [0.2, 0.25) is 0 Å². The van der Waals surface area contributed by atoms with Gasteiger partial charge in [0.15, 0.2) is 0 Å². The number of anilines is 1. The first-order valence-electron chi connectivity index (χ1n) is 6.48. The molecule has 3 heteroatoms. The number of aryl methyl sites for hydroxylation is 2. The topological polar surface area (TPSA) is 39.9 Å². The second-order valence-corrected chi connectivity index (χ2v) is 4.90. The molecule has 1 aromatic rings. The second-order valence-electron chi connectivity index (χ2n) is 4.90. The summed E-state index contributed by atoms with van der Waals surface area (Å²) in [5.74, 6) is 0.823. The van der Waals surface area contributed by atoms with E-state index in [1.54, 1.807) is 0 Å². The number of hydrogen-bond donors (Lipinski definition) is 0. The Morgan fingerprint density at radius 1 is 1.56 bits per heavy atom. The quantitative estimate of drug-likeness (QED) is 0.761. The molecule has 18 heavy (non-hydrogen) atoms. The third kappa shape index (κ3) is 2.38. The van der Waals surface area contributed by atoms with E-state index in [9.17, 15) is 5.26 Å². The summed E-state index contributed by atoms with van der Waals surface area (Å²) >= 11 is 0. The molecule has 0 atom stereocenters. The highest BCUT2D eigenvalue weighted by atomic mass is 15.2. The van der Waals surface area contributed by atoms with Crippen LogP contribution in [-0.4, -0.2) is 18.1 Å². The number of fused-ring (bicyclic) bond motifs is 1. The van der Waals surface area contributed by atoms with E-state index in [1.165, 1.54) is 11.3 Å². The standard InChI is InChI=1S/C15H19N3/c1-4-18(10-11(2)3)15-13(9-16)8-12-6-5-7-14(12)17-15/h8H,2,4-7,10H2,1,3H3. The largest absolute Gasteiger partial charge is 0.352 e. The Labute approximate surface area is 109 Å². The molecule has 94 valence electrons. The fourth-order valence-corrected chi connectivity index (χ4v) is 2.45. The molecule has 0 radical (unpaired) electrons. The SMILES string of the molecule is C=C(C)CN(CC)c1nc2c(cc1C#N)CCC2. The van der Waals surface area contributed by atoms with Crippen LogP contribution in [0.25, 0.3) is 0 Å². The van der Waals surface area contributed by atoms with Crippen molar-refractivity contribution in [2.75, 3.05) is 18.0 Å². The van der Waals surface area contributed by atoms with Gasteiger partial charge < -0.3 is 4.90 Å². The van der Waals surface area contributed by atoms with Gasteiger partial charge in [0.05, 0.1) is 5.56 Å². The van der Waals surface area contributed by atoms with Crippen LogP contribution in [0.1, 0.15) is 37.1 Å². The van der Waals surface area contributed by atoms with Crippen LogP contribution in [-0.2, 0) is 12.8 Å². The maximum Gasteiger partial charge on any atom is 0.147 e. The van der Waals surface area contributed by atoms with Gasteiger partial charge in [0.1, 0.15) is 11.9 Å². The molecule has 0 fully saturated rings. The molecule has 0 amide bonds.